The minimum Gasteiger partial charge on any atom is -0.320 e. The van der Waals surface area contributed by atoms with Crippen molar-refractivity contribution in [1.29, 1.82) is 0 Å². The summed E-state index contributed by atoms with van der Waals surface area (Å²) in [7, 11) is 0. The number of aryl methyl sites for hydroxylation is 1. The fourth-order valence-electron chi connectivity index (χ4n) is 3.89. The number of benzene rings is 3. The highest BCUT2D eigenvalue weighted by atomic mass is 14.6. The minimum absolute atomic E-state index is 0.0430. The van der Waals surface area contributed by atoms with Crippen LogP contribution >= 0.6 is 0 Å². The monoisotopic (exact) mass is 287 g/mol. The minimum atomic E-state index is -0.0430. The average Bonchev–Trinajstić information content (AvgIpc) is 3.05. The first-order valence-electron chi connectivity index (χ1n) is 8.10. The average molecular weight is 287 g/mol. The molecule has 3 aromatic carbocycles. The Morgan fingerprint density at radius 2 is 1.59 bits per heavy atom. The maximum Gasteiger partial charge on any atom is 0.0560 e. The second-order valence-electron chi connectivity index (χ2n) is 6.33. The fraction of sp³-hybridized carbons (Fsp3) is 0.238. The van der Waals surface area contributed by atoms with Crippen molar-refractivity contribution in [3.8, 4) is 0 Å². The molecule has 1 nitrogen and oxygen atoms in total. The molecule has 0 radical (unpaired) electrons. The van der Waals surface area contributed by atoms with Gasteiger partial charge in [-0.2, -0.15) is 0 Å². The first-order valence-corrected chi connectivity index (χ1v) is 8.10. The van der Waals surface area contributed by atoms with Gasteiger partial charge >= 0.3 is 0 Å². The van der Waals surface area contributed by atoms with Crippen molar-refractivity contribution in [2.24, 2.45) is 5.73 Å². The van der Waals surface area contributed by atoms with E-state index < -0.39 is 0 Å². The van der Waals surface area contributed by atoms with Crippen molar-refractivity contribution >= 4 is 10.8 Å². The zero-order chi connectivity index (χ0) is 15.1. The van der Waals surface area contributed by atoms with Crippen LogP contribution in [0.2, 0.25) is 0 Å². The standard InChI is InChI=1S/C21H21N/c1-14-12-13-20(18-10-5-9-16(14)18)21(22)19-11-4-7-15-6-2-3-8-17(15)19/h2-4,6-8,11-13,21H,5,9-10,22H2,1H3. The molecule has 1 unspecified atom stereocenters. The van der Waals surface area contributed by atoms with Crippen LogP contribution < -0.4 is 5.73 Å². The van der Waals surface area contributed by atoms with Gasteiger partial charge in [0.15, 0.2) is 0 Å². The van der Waals surface area contributed by atoms with Gasteiger partial charge in [0, 0.05) is 0 Å². The summed E-state index contributed by atoms with van der Waals surface area (Å²) in [4.78, 5) is 0. The Hall–Kier alpha value is -2.12. The van der Waals surface area contributed by atoms with Crippen molar-refractivity contribution in [3.63, 3.8) is 0 Å². The van der Waals surface area contributed by atoms with Crippen LogP contribution in [-0.2, 0) is 12.8 Å². The van der Waals surface area contributed by atoms with Gasteiger partial charge in [-0.1, -0.05) is 54.6 Å². The molecule has 2 N–H and O–H groups in total. The van der Waals surface area contributed by atoms with Gasteiger partial charge in [-0.15, -0.1) is 0 Å². The summed E-state index contributed by atoms with van der Waals surface area (Å²) in [5.74, 6) is 0. The molecule has 1 aliphatic rings. The van der Waals surface area contributed by atoms with Crippen LogP contribution in [0.5, 0.6) is 0 Å². The number of hydrogen-bond donors (Lipinski definition) is 1. The van der Waals surface area contributed by atoms with E-state index in [-0.39, 0.29) is 6.04 Å². The van der Waals surface area contributed by atoms with Gasteiger partial charge in [0.25, 0.3) is 0 Å². The third kappa shape index (κ3) is 2.05. The molecule has 110 valence electrons. The van der Waals surface area contributed by atoms with Crippen LogP contribution in [0.15, 0.2) is 54.6 Å². The molecule has 3 aromatic rings. The molecular formula is C21H21N. The topological polar surface area (TPSA) is 26.0 Å². The molecular weight excluding hydrogens is 266 g/mol. The third-order valence-corrected chi connectivity index (χ3v) is 5.05. The summed E-state index contributed by atoms with van der Waals surface area (Å²) in [5.41, 5.74) is 13.7. The lowest BCUT2D eigenvalue weighted by Crippen LogP contribution is -2.15. The number of fused-ring (bicyclic) bond motifs is 2. The highest BCUT2D eigenvalue weighted by Crippen LogP contribution is 2.35. The Morgan fingerprint density at radius 1 is 0.818 bits per heavy atom. The van der Waals surface area contributed by atoms with Crippen LogP contribution in [0.25, 0.3) is 10.8 Å². The van der Waals surface area contributed by atoms with Crippen LogP contribution in [0.1, 0.15) is 40.3 Å². The van der Waals surface area contributed by atoms with Crippen LogP contribution in [0.4, 0.5) is 0 Å². The first-order chi connectivity index (χ1) is 10.8. The van der Waals surface area contributed by atoms with E-state index >= 15 is 0 Å². The molecule has 22 heavy (non-hydrogen) atoms. The molecule has 0 heterocycles. The zero-order valence-electron chi connectivity index (χ0n) is 13.0. The maximum absolute atomic E-state index is 6.71. The van der Waals surface area contributed by atoms with Gasteiger partial charge < -0.3 is 5.73 Å². The van der Waals surface area contributed by atoms with Crippen molar-refractivity contribution in [1.82, 2.24) is 0 Å². The Labute approximate surface area is 131 Å². The molecule has 0 aliphatic heterocycles. The summed E-state index contributed by atoms with van der Waals surface area (Å²) < 4.78 is 0. The lowest BCUT2D eigenvalue weighted by atomic mass is 9.89. The molecule has 0 bridgehead atoms. The van der Waals surface area contributed by atoms with Gasteiger partial charge in [-0.3, -0.25) is 0 Å². The maximum atomic E-state index is 6.71. The van der Waals surface area contributed by atoms with E-state index in [4.69, 9.17) is 5.73 Å². The Bertz CT molecular complexity index is 842. The van der Waals surface area contributed by atoms with E-state index in [0.29, 0.717) is 0 Å². The molecule has 0 saturated heterocycles. The Kier molecular flexibility index (Phi) is 3.24. The molecule has 1 heteroatoms. The van der Waals surface area contributed by atoms with Gasteiger partial charge in [0.1, 0.15) is 0 Å². The quantitative estimate of drug-likeness (QED) is 0.727. The molecule has 0 saturated carbocycles. The second-order valence-corrected chi connectivity index (χ2v) is 6.33. The van der Waals surface area contributed by atoms with Crippen molar-refractivity contribution in [2.75, 3.05) is 0 Å². The molecule has 0 spiro atoms. The van der Waals surface area contributed by atoms with Gasteiger partial charge in [-0.25, -0.2) is 0 Å². The molecule has 1 atom stereocenters. The van der Waals surface area contributed by atoms with Gasteiger partial charge in [0.2, 0.25) is 0 Å². The molecule has 0 amide bonds. The number of rotatable bonds is 2. The number of nitrogens with two attached hydrogens (primary N) is 1. The Balaban J connectivity index is 1.88. The zero-order valence-corrected chi connectivity index (χ0v) is 13.0. The van der Waals surface area contributed by atoms with Crippen molar-refractivity contribution in [2.45, 2.75) is 32.2 Å². The van der Waals surface area contributed by atoms with Crippen LogP contribution in [0.3, 0.4) is 0 Å². The smallest absolute Gasteiger partial charge is 0.0560 e. The summed E-state index contributed by atoms with van der Waals surface area (Å²) in [5, 5.41) is 2.53. The fourth-order valence-corrected chi connectivity index (χ4v) is 3.89. The second kappa shape index (κ2) is 5.26. The molecule has 4 rings (SSSR count). The normalized spacial score (nSPS) is 15.0. The predicted octanol–water partition coefficient (Wildman–Crippen LogP) is 4.69. The van der Waals surface area contributed by atoms with E-state index in [1.807, 2.05) is 0 Å². The highest BCUT2D eigenvalue weighted by Gasteiger charge is 2.21. The van der Waals surface area contributed by atoms with Gasteiger partial charge in [0.05, 0.1) is 6.04 Å². The van der Waals surface area contributed by atoms with E-state index in [2.05, 4.69) is 61.5 Å². The summed E-state index contributed by atoms with van der Waals surface area (Å²) in [6.07, 6.45) is 3.64. The van der Waals surface area contributed by atoms with Crippen molar-refractivity contribution < 1.29 is 0 Å². The predicted molar refractivity (Wildman–Crippen MR) is 93.2 cm³/mol. The summed E-state index contributed by atoms with van der Waals surface area (Å²) in [6, 6.07) is 19.4. The largest absolute Gasteiger partial charge is 0.320 e. The SMILES string of the molecule is Cc1ccc(C(N)c2cccc3ccccc23)c2c1CCC2. The third-order valence-electron chi connectivity index (χ3n) is 5.05. The van der Waals surface area contributed by atoms with E-state index in [0.717, 1.165) is 0 Å². The lowest BCUT2D eigenvalue weighted by molar-refractivity contribution is 0.849. The molecule has 0 aromatic heterocycles. The van der Waals surface area contributed by atoms with Gasteiger partial charge in [-0.05, 0) is 64.8 Å². The lowest BCUT2D eigenvalue weighted by Gasteiger charge is -2.19. The summed E-state index contributed by atoms with van der Waals surface area (Å²) in [6.45, 7) is 2.22. The van der Waals surface area contributed by atoms with E-state index in [9.17, 15) is 0 Å². The van der Waals surface area contributed by atoms with E-state index in [1.165, 1.54) is 57.9 Å². The summed E-state index contributed by atoms with van der Waals surface area (Å²) >= 11 is 0. The van der Waals surface area contributed by atoms with Crippen LogP contribution in [-0.4, -0.2) is 0 Å². The number of hydrogen-bond acceptors (Lipinski definition) is 1. The molecule has 0 fully saturated rings. The molecule has 1 aliphatic carbocycles. The van der Waals surface area contributed by atoms with Crippen molar-refractivity contribution in [3.05, 3.63) is 82.4 Å². The van der Waals surface area contributed by atoms with E-state index in [1.54, 1.807) is 0 Å². The highest BCUT2D eigenvalue weighted by molar-refractivity contribution is 5.86. The first kappa shape index (κ1) is 13.5. The Morgan fingerprint density at radius 3 is 2.50 bits per heavy atom. The van der Waals surface area contributed by atoms with Crippen LogP contribution in [0, 0.1) is 6.92 Å².